The van der Waals surface area contributed by atoms with Gasteiger partial charge in [-0.3, -0.25) is 4.79 Å². The van der Waals surface area contributed by atoms with Gasteiger partial charge in [0.15, 0.2) is 6.61 Å². The molecule has 102 valence electrons. The fourth-order valence-corrected chi connectivity index (χ4v) is 3.06. The SMILES string of the molecule is O=C(COc1ccccc1)N1CC2CNCC(C2)C1. The molecule has 1 N–H and O–H groups in total. The summed E-state index contributed by atoms with van der Waals surface area (Å²) in [5.74, 6) is 2.11. The second-order valence-corrected chi connectivity index (χ2v) is 5.53. The van der Waals surface area contributed by atoms with Gasteiger partial charge in [0.05, 0.1) is 0 Å². The lowest BCUT2D eigenvalue weighted by atomic mass is 9.86. The smallest absolute Gasteiger partial charge is 0.260 e. The molecule has 2 aliphatic rings. The maximum Gasteiger partial charge on any atom is 0.260 e. The van der Waals surface area contributed by atoms with Gasteiger partial charge in [-0.1, -0.05) is 18.2 Å². The fraction of sp³-hybridized carbons (Fsp3) is 0.533. The van der Waals surface area contributed by atoms with Gasteiger partial charge in [-0.15, -0.1) is 0 Å². The predicted octanol–water partition coefficient (Wildman–Crippen LogP) is 1.13. The van der Waals surface area contributed by atoms with Gasteiger partial charge in [-0.2, -0.15) is 0 Å². The third kappa shape index (κ3) is 3.07. The van der Waals surface area contributed by atoms with Crippen molar-refractivity contribution >= 4 is 5.91 Å². The topological polar surface area (TPSA) is 41.6 Å². The van der Waals surface area contributed by atoms with E-state index >= 15 is 0 Å². The normalized spacial score (nSPS) is 26.0. The molecule has 2 saturated heterocycles. The van der Waals surface area contributed by atoms with Gasteiger partial charge < -0.3 is 15.0 Å². The number of fused-ring (bicyclic) bond motifs is 2. The van der Waals surface area contributed by atoms with Crippen molar-refractivity contribution in [3.05, 3.63) is 30.3 Å². The van der Waals surface area contributed by atoms with Crippen molar-refractivity contribution in [2.75, 3.05) is 32.8 Å². The van der Waals surface area contributed by atoms with Crippen molar-refractivity contribution in [3.8, 4) is 5.75 Å². The van der Waals surface area contributed by atoms with Crippen LogP contribution in [0.2, 0.25) is 0 Å². The van der Waals surface area contributed by atoms with Crippen LogP contribution < -0.4 is 10.1 Å². The number of amides is 1. The molecule has 1 aromatic carbocycles. The minimum absolute atomic E-state index is 0.112. The van der Waals surface area contributed by atoms with Crippen LogP contribution in [0.4, 0.5) is 0 Å². The highest BCUT2D eigenvalue weighted by Crippen LogP contribution is 2.24. The van der Waals surface area contributed by atoms with E-state index < -0.39 is 0 Å². The number of piperidine rings is 2. The first-order valence-electron chi connectivity index (χ1n) is 6.97. The minimum Gasteiger partial charge on any atom is -0.484 e. The van der Waals surface area contributed by atoms with Crippen LogP contribution in [-0.2, 0) is 4.79 Å². The highest BCUT2D eigenvalue weighted by atomic mass is 16.5. The molecule has 2 fully saturated rings. The zero-order valence-corrected chi connectivity index (χ0v) is 11.0. The van der Waals surface area contributed by atoms with Crippen molar-refractivity contribution < 1.29 is 9.53 Å². The Morgan fingerprint density at radius 2 is 1.89 bits per heavy atom. The Morgan fingerprint density at radius 1 is 1.21 bits per heavy atom. The van der Waals surface area contributed by atoms with Gasteiger partial charge in [-0.05, 0) is 43.5 Å². The zero-order valence-electron chi connectivity index (χ0n) is 11.0. The number of carbonyl (C=O) groups is 1. The average molecular weight is 260 g/mol. The lowest BCUT2D eigenvalue weighted by Crippen LogP contribution is -2.53. The number of nitrogens with one attached hydrogen (secondary N) is 1. The molecule has 0 aliphatic carbocycles. The van der Waals surface area contributed by atoms with E-state index in [-0.39, 0.29) is 12.5 Å². The molecule has 2 atom stereocenters. The Morgan fingerprint density at radius 3 is 2.58 bits per heavy atom. The van der Waals surface area contributed by atoms with E-state index in [1.165, 1.54) is 6.42 Å². The molecule has 0 radical (unpaired) electrons. The Labute approximate surface area is 113 Å². The number of carbonyl (C=O) groups excluding carboxylic acids is 1. The van der Waals surface area contributed by atoms with Crippen molar-refractivity contribution in [2.24, 2.45) is 11.8 Å². The number of para-hydroxylation sites is 1. The van der Waals surface area contributed by atoms with E-state index in [1.54, 1.807) is 0 Å². The number of rotatable bonds is 3. The zero-order chi connectivity index (χ0) is 13.1. The summed E-state index contributed by atoms with van der Waals surface area (Å²) < 4.78 is 5.54. The van der Waals surface area contributed by atoms with Gasteiger partial charge >= 0.3 is 0 Å². The van der Waals surface area contributed by atoms with Crippen LogP contribution in [-0.4, -0.2) is 43.6 Å². The number of hydrogen-bond donors (Lipinski definition) is 1. The van der Waals surface area contributed by atoms with Crippen molar-refractivity contribution in [3.63, 3.8) is 0 Å². The third-order valence-corrected chi connectivity index (χ3v) is 3.95. The molecule has 1 amide bonds. The Balaban J connectivity index is 1.53. The minimum atomic E-state index is 0.112. The second kappa shape index (κ2) is 5.61. The molecule has 2 heterocycles. The van der Waals surface area contributed by atoms with Crippen LogP contribution in [0.25, 0.3) is 0 Å². The summed E-state index contributed by atoms with van der Waals surface area (Å²) in [5.41, 5.74) is 0. The van der Waals surface area contributed by atoms with E-state index in [4.69, 9.17) is 4.74 Å². The number of likely N-dealkylation sites (tertiary alicyclic amines) is 1. The van der Waals surface area contributed by atoms with Gasteiger partial charge in [0.25, 0.3) is 5.91 Å². The van der Waals surface area contributed by atoms with Crippen molar-refractivity contribution in [1.82, 2.24) is 10.2 Å². The lowest BCUT2D eigenvalue weighted by Gasteiger charge is -2.41. The highest BCUT2D eigenvalue weighted by molar-refractivity contribution is 5.78. The largest absolute Gasteiger partial charge is 0.484 e. The van der Waals surface area contributed by atoms with Crippen molar-refractivity contribution in [1.29, 1.82) is 0 Å². The molecule has 0 aromatic heterocycles. The van der Waals surface area contributed by atoms with Crippen LogP contribution in [0.3, 0.4) is 0 Å². The fourth-order valence-electron chi connectivity index (χ4n) is 3.06. The summed E-state index contributed by atoms with van der Waals surface area (Å²) >= 11 is 0. The monoisotopic (exact) mass is 260 g/mol. The quantitative estimate of drug-likeness (QED) is 0.886. The van der Waals surface area contributed by atoms with Crippen LogP contribution in [0.15, 0.2) is 30.3 Å². The maximum absolute atomic E-state index is 12.2. The first kappa shape index (κ1) is 12.5. The summed E-state index contributed by atoms with van der Waals surface area (Å²) in [4.78, 5) is 14.2. The van der Waals surface area contributed by atoms with E-state index in [1.807, 2.05) is 35.2 Å². The number of ether oxygens (including phenoxy) is 1. The second-order valence-electron chi connectivity index (χ2n) is 5.53. The standard InChI is InChI=1S/C15H20N2O2/c18-15(11-19-14-4-2-1-3-5-14)17-9-12-6-13(10-17)8-16-7-12/h1-5,12-13,16H,6-11H2. The highest BCUT2D eigenvalue weighted by Gasteiger charge is 2.32. The van der Waals surface area contributed by atoms with E-state index in [0.717, 1.165) is 31.9 Å². The van der Waals surface area contributed by atoms with E-state index in [0.29, 0.717) is 11.8 Å². The summed E-state index contributed by atoms with van der Waals surface area (Å²) in [6, 6.07) is 9.52. The number of nitrogens with zero attached hydrogens (tertiary/aromatic N) is 1. The maximum atomic E-state index is 12.2. The molecule has 2 bridgehead atoms. The predicted molar refractivity (Wildman–Crippen MR) is 73.0 cm³/mol. The molecule has 0 saturated carbocycles. The van der Waals surface area contributed by atoms with Crippen LogP contribution in [0, 0.1) is 11.8 Å². The summed E-state index contributed by atoms with van der Waals surface area (Å²) in [7, 11) is 0. The van der Waals surface area contributed by atoms with Gasteiger partial charge in [0.2, 0.25) is 0 Å². The number of hydrogen-bond acceptors (Lipinski definition) is 3. The number of benzene rings is 1. The van der Waals surface area contributed by atoms with Gasteiger partial charge in [-0.25, -0.2) is 0 Å². The average Bonchev–Trinajstić information content (AvgIpc) is 2.45. The molecule has 2 unspecified atom stereocenters. The van der Waals surface area contributed by atoms with Gasteiger partial charge in [0, 0.05) is 13.1 Å². The first-order chi connectivity index (χ1) is 9.31. The lowest BCUT2D eigenvalue weighted by molar-refractivity contribution is -0.136. The van der Waals surface area contributed by atoms with Crippen LogP contribution in [0.5, 0.6) is 5.75 Å². The summed E-state index contributed by atoms with van der Waals surface area (Å²) in [6.07, 6.45) is 1.26. The Bertz CT molecular complexity index is 423. The van der Waals surface area contributed by atoms with Crippen molar-refractivity contribution in [2.45, 2.75) is 6.42 Å². The molecule has 4 nitrogen and oxygen atoms in total. The summed E-state index contributed by atoms with van der Waals surface area (Å²) in [5, 5.41) is 3.43. The molecule has 4 heteroatoms. The van der Waals surface area contributed by atoms with Gasteiger partial charge in [0.1, 0.15) is 5.75 Å². The molecular weight excluding hydrogens is 240 g/mol. The van der Waals surface area contributed by atoms with E-state index in [9.17, 15) is 4.79 Å². The Kier molecular flexibility index (Phi) is 3.69. The molecule has 0 spiro atoms. The molecule has 3 rings (SSSR count). The van der Waals surface area contributed by atoms with Crippen LogP contribution in [0.1, 0.15) is 6.42 Å². The summed E-state index contributed by atoms with van der Waals surface area (Å²) in [6.45, 7) is 3.98. The molecule has 2 aliphatic heterocycles. The Hall–Kier alpha value is -1.55. The first-order valence-corrected chi connectivity index (χ1v) is 6.97. The third-order valence-electron chi connectivity index (χ3n) is 3.95. The van der Waals surface area contributed by atoms with Crippen LogP contribution >= 0.6 is 0 Å². The van der Waals surface area contributed by atoms with E-state index in [2.05, 4.69) is 5.32 Å². The molecule has 19 heavy (non-hydrogen) atoms. The molecular formula is C15H20N2O2. The molecule has 1 aromatic rings.